The van der Waals surface area contributed by atoms with Crippen LogP contribution in [0.2, 0.25) is 0 Å². The smallest absolute Gasteiger partial charge is 0.303 e. The highest BCUT2D eigenvalue weighted by atomic mass is 32.2. The van der Waals surface area contributed by atoms with E-state index in [1.807, 2.05) is 0 Å². The summed E-state index contributed by atoms with van der Waals surface area (Å²) in [6, 6.07) is 0. The average Bonchev–Trinajstić information content (AvgIpc) is 3.27. The summed E-state index contributed by atoms with van der Waals surface area (Å²) in [5, 5.41) is 7.74. The maximum atomic E-state index is 11.6. The van der Waals surface area contributed by atoms with Gasteiger partial charge in [-0.1, -0.05) is 64.7 Å². The number of unbranched alkanes of at least 4 members (excludes halogenated alkanes) is 8. The lowest BCUT2D eigenvalue weighted by Gasteiger charge is -2.11. The van der Waals surface area contributed by atoms with Gasteiger partial charge in [-0.3, -0.25) is 9.35 Å². The third-order valence-electron chi connectivity index (χ3n) is 4.84. The molecular weight excluding hydrogens is 344 g/mol. The van der Waals surface area contributed by atoms with Crippen molar-refractivity contribution in [1.82, 2.24) is 0 Å². The minimum atomic E-state index is -4.10. The van der Waals surface area contributed by atoms with Crippen LogP contribution in [0.4, 0.5) is 0 Å². The largest absolute Gasteiger partial charge is 0.481 e. The van der Waals surface area contributed by atoms with Gasteiger partial charge in [0.25, 0.3) is 10.1 Å². The normalized spacial score (nSPS) is 21.2. The van der Waals surface area contributed by atoms with Crippen LogP contribution < -0.4 is 0 Å². The quantitative estimate of drug-likeness (QED) is 0.237. The number of carboxylic acids is 1. The van der Waals surface area contributed by atoms with Crippen molar-refractivity contribution in [3.05, 3.63) is 0 Å². The highest BCUT2D eigenvalue weighted by Crippen LogP contribution is 2.35. The molecule has 0 radical (unpaired) electrons. The van der Waals surface area contributed by atoms with Crippen molar-refractivity contribution < 1.29 is 27.6 Å². The summed E-state index contributed by atoms with van der Waals surface area (Å²) < 4.78 is 38.2. The Hall–Kier alpha value is -0.660. The first-order valence-electron chi connectivity index (χ1n) is 9.69. The minimum absolute atomic E-state index is 0.0369. The van der Waals surface area contributed by atoms with E-state index in [4.69, 9.17) is 9.84 Å². The van der Waals surface area contributed by atoms with Gasteiger partial charge >= 0.3 is 5.97 Å². The molecule has 3 unspecified atom stereocenters. The van der Waals surface area contributed by atoms with E-state index in [1.54, 1.807) is 0 Å². The molecule has 7 heteroatoms. The van der Waals surface area contributed by atoms with Gasteiger partial charge in [0.15, 0.2) is 0 Å². The van der Waals surface area contributed by atoms with Crippen LogP contribution in [0.5, 0.6) is 0 Å². The first-order chi connectivity index (χ1) is 11.9. The summed E-state index contributed by atoms with van der Waals surface area (Å²) >= 11 is 0. The van der Waals surface area contributed by atoms with E-state index >= 15 is 0 Å². The molecule has 0 bridgehead atoms. The van der Waals surface area contributed by atoms with E-state index in [0.717, 1.165) is 32.1 Å². The lowest BCUT2D eigenvalue weighted by Crippen LogP contribution is -2.27. The number of rotatable bonds is 16. The van der Waals surface area contributed by atoms with Crippen LogP contribution in [0.3, 0.4) is 0 Å². The number of epoxide rings is 1. The first-order valence-corrected chi connectivity index (χ1v) is 11.2. The van der Waals surface area contributed by atoms with Crippen LogP contribution in [0.1, 0.15) is 90.4 Å². The van der Waals surface area contributed by atoms with Crippen LogP contribution in [0, 0.1) is 0 Å². The van der Waals surface area contributed by atoms with Crippen LogP contribution >= 0.6 is 0 Å². The Morgan fingerprint density at radius 3 is 2.24 bits per heavy atom. The van der Waals surface area contributed by atoms with E-state index in [0.29, 0.717) is 19.3 Å². The summed E-state index contributed by atoms with van der Waals surface area (Å²) in [7, 11) is -4.10. The molecule has 1 saturated heterocycles. The van der Waals surface area contributed by atoms with Crippen molar-refractivity contribution >= 4 is 16.1 Å². The maximum Gasteiger partial charge on any atom is 0.303 e. The number of ether oxygens (including phenoxy) is 1. The Morgan fingerprint density at radius 2 is 1.60 bits per heavy atom. The highest BCUT2D eigenvalue weighted by Gasteiger charge is 2.48. The summed E-state index contributed by atoms with van der Waals surface area (Å²) in [6.45, 7) is 2.18. The van der Waals surface area contributed by atoms with Gasteiger partial charge in [-0.25, -0.2) is 0 Å². The standard InChI is InChI=1S/C18H34O6S/c1-2-3-4-5-6-9-12-15-18(24-15)16(25(21,22)23)13-10-7-8-11-14-17(19)20/h15-16,18H,2-14H2,1H3,(H,19,20)(H,21,22,23). The zero-order valence-electron chi connectivity index (χ0n) is 15.4. The van der Waals surface area contributed by atoms with Crippen molar-refractivity contribution in [2.75, 3.05) is 0 Å². The highest BCUT2D eigenvalue weighted by molar-refractivity contribution is 7.86. The molecule has 1 heterocycles. The van der Waals surface area contributed by atoms with Crippen molar-refractivity contribution in [3.8, 4) is 0 Å². The molecule has 1 fully saturated rings. The van der Waals surface area contributed by atoms with Crippen molar-refractivity contribution in [1.29, 1.82) is 0 Å². The predicted molar refractivity (Wildman–Crippen MR) is 97.3 cm³/mol. The molecule has 148 valence electrons. The molecule has 1 rings (SSSR count). The maximum absolute atomic E-state index is 11.6. The Balaban J connectivity index is 2.21. The van der Waals surface area contributed by atoms with Gasteiger partial charge < -0.3 is 9.84 Å². The van der Waals surface area contributed by atoms with E-state index in [-0.39, 0.29) is 18.6 Å². The molecule has 2 N–H and O–H groups in total. The topological polar surface area (TPSA) is 104 Å². The molecule has 25 heavy (non-hydrogen) atoms. The van der Waals surface area contributed by atoms with Gasteiger partial charge in [-0.2, -0.15) is 8.42 Å². The fourth-order valence-corrected chi connectivity index (χ4v) is 4.34. The lowest BCUT2D eigenvalue weighted by atomic mass is 10.0. The Labute approximate surface area is 152 Å². The fourth-order valence-electron chi connectivity index (χ4n) is 3.30. The van der Waals surface area contributed by atoms with Crippen LogP contribution in [0.15, 0.2) is 0 Å². The number of carbonyl (C=O) groups is 1. The number of hydrogen-bond donors (Lipinski definition) is 2. The molecule has 0 aromatic heterocycles. The second-order valence-electron chi connectivity index (χ2n) is 7.10. The molecule has 1 aliphatic heterocycles. The molecule has 1 aliphatic rings. The lowest BCUT2D eigenvalue weighted by molar-refractivity contribution is -0.137. The number of hydrogen-bond acceptors (Lipinski definition) is 4. The second-order valence-corrected chi connectivity index (χ2v) is 8.73. The van der Waals surface area contributed by atoms with E-state index in [2.05, 4.69) is 6.92 Å². The van der Waals surface area contributed by atoms with E-state index in [1.165, 1.54) is 25.7 Å². The number of aliphatic carboxylic acids is 1. The minimum Gasteiger partial charge on any atom is -0.481 e. The SMILES string of the molecule is CCCCCCCCC1OC1C(CCCCCCC(=O)O)S(=O)(=O)O. The predicted octanol–water partition coefficient (Wildman–Crippen LogP) is 4.19. The van der Waals surface area contributed by atoms with Crippen molar-refractivity contribution in [2.24, 2.45) is 0 Å². The van der Waals surface area contributed by atoms with Crippen LogP contribution in [0.25, 0.3) is 0 Å². The van der Waals surface area contributed by atoms with E-state index < -0.39 is 21.3 Å². The molecule has 6 nitrogen and oxygen atoms in total. The van der Waals surface area contributed by atoms with E-state index in [9.17, 15) is 17.8 Å². The third kappa shape index (κ3) is 10.2. The fraction of sp³-hybridized carbons (Fsp3) is 0.944. The monoisotopic (exact) mass is 378 g/mol. The summed E-state index contributed by atoms with van der Waals surface area (Å²) in [6.07, 6.45) is 10.9. The first kappa shape index (κ1) is 22.4. The zero-order chi connectivity index (χ0) is 18.7. The second kappa shape index (κ2) is 11.9. The van der Waals surface area contributed by atoms with Crippen LogP contribution in [-0.4, -0.2) is 41.5 Å². The van der Waals surface area contributed by atoms with Gasteiger partial charge in [0.1, 0.15) is 11.4 Å². The van der Waals surface area contributed by atoms with Gasteiger partial charge in [0.05, 0.1) is 6.10 Å². The Bertz CT molecular complexity index is 476. The molecule has 0 spiro atoms. The molecule has 3 atom stereocenters. The van der Waals surface area contributed by atoms with Crippen molar-refractivity contribution in [2.45, 2.75) is 108 Å². The van der Waals surface area contributed by atoms with Crippen molar-refractivity contribution in [3.63, 3.8) is 0 Å². The summed E-state index contributed by atoms with van der Waals surface area (Å²) in [5.41, 5.74) is 0. The molecular formula is C18H34O6S. The van der Waals surface area contributed by atoms with Gasteiger partial charge in [-0.15, -0.1) is 0 Å². The Morgan fingerprint density at radius 1 is 1.00 bits per heavy atom. The molecule has 0 saturated carbocycles. The van der Waals surface area contributed by atoms with Crippen LogP contribution in [-0.2, 0) is 19.6 Å². The molecule has 0 amide bonds. The summed E-state index contributed by atoms with van der Waals surface area (Å²) in [5.74, 6) is -0.806. The molecule has 0 aromatic rings. The summed E-state index contributed by atoms with van der Waals surface area (Å²) in [4.78, 5) is 10.4. The van der Waals surface area contributed by atoms with Gasteiger partial charge in [-0.05, 0) is 19.3 Å². The Kier molecular flexibility index (Phi) is 10.6. The molecule has 0 aromatic carbocycles. The molecule has 0 aliphatic carbocycles. The average molecular weight is 379 g/mol. The number of carboxylic acid groups (broad SMARTS) is 1. The third-order valence-corrected chi connectivity index (χ3v) is 6.11. The zero-order valence-corrected chi connectivity index (χ0v) is 16.2. The van der Waals surface area contributed by atoms with Gasteiger partial charge in [0, 0.05) is 6.42 Å². The van der Waals surface area contributed by atoms with Gasteiger partial charge in [0.2, 0.25) is 0 Å².